The van der Waals surface area contributed by atoms with Crippen LogP contribution < -0.4 is 4.74 Å². The molecule has 3 nitrogen and oxygen atoms in total. The summed E-state index contributed by atoms with van der Waals surface area (Å²) >= 11 is 1.60. The predicted molar refractivity (Wildman–Crippen MR) is 73.1 cm³/mol. The molecule has 0 saturated carbocycles. The maximum atomic E-state index is 10.9. The Kier molecular flexibility index (Phi) is 4.10. The number of ketones is 1. The summed E-state index contributed by atoms with van der Waals surface area (Å²) in [6.07, 6.45) is 1.30. The number of hydrogen-bond donors (Lipinski definition) is 0. The van der Waals surface area contributed by atoms with Crippen molar-refractivity contribution in [2.45, 2.75) is 19.8 Å². The Hall–Kier alpha value is -1.68. The molecular weight excluding hydrogens is 246 g/mol. The molecule has 0 bridgehead atoms. The van der Waals surface area contributed by atoms with Crippen molar-refractivity contribution in [2.75, 3.05) is 7.11 Å². The fraction of sp³-hybridized carbons (Fsp3) is 0.286. The molecule has 0 spiro atoms. The maximum Gasteiger partial charge on any atom is 0.130 e. The average Bonchev–Trinajstić information content (AvgIpc) is 2.85. The summed E-state index contributed by atoms with van der Waals surface area (Å²) in [6, 6.07) is 7.82. The standard InChI is InChI=1S/C14H15NO2S/c1-10(16)3-8-14-15-13(9-18-14)11-4-6-12(17-2)7-5-11/h4-7,9H,3,8H2,1-2H3. The van der Waals surface area contributed by atoms with Crippen LogP contribution in [0.2, 0.25) is 0 Å². The fourth-order valence-corrected chi connectivity index (χ4v) is 2.41. The van der Waals surface area contributed by atoms with Crippen LogP contribution in [-0.4, -0.2) is 17.9 Å². The van der Waals surface area contributed by atoms with Gasteiger partial charge in [-0.25, -0.2) is 4.98 Å². The highest BCUT2D eigenvalue weighted by Crippen LogP contribution is 2.24. The van der Waals surface area contributed by atoms with Crippen LogP contribution in [-0.2, 0) is 11.2 Å². The summed E-state index contributed by atoms with van der Waals surface area (Å²) < 4.78 is 5.12. The summed E-state index contributed by atoms with van der Waals surface area (Å²) in [5.74, 6) is 1.04. The molecule has 0 aliphatic heterocycles. The molecule has 0 unspecified atom stereocenters. The van der Waals surface area contributed by atoms with E-state index in [0.717, 1.165) is 28.4 Å². The zero-order valence-corrected chi connectivity index (χ0v) is 11.3. The average molecular weight is 261 g/mol. The summed E-state index contributed by atoms with van der Waals surface area (Å²) in [6.45, 7) is 1.61. The number of carbonyl (C=O) groups excluding carboxylic acids is 1. The molecule has 1 heterocycles. The van der Waals surface area contributed by atoms with Crippen LogP contribution in [0, 0.1) is 0 Å². The minimum absolute atomic E-state index is 0.205. The topological polar surface area (TPSA) is 39.2 Å². The van der Waals surface area contributed by atoms with Gasteiger partial charge in [-0.2, -0.15) is 0 Å². The second-order valence-corrected chi connectivity index (χ2v) is 5.00. The third-order valence-electron chi connectivity index (χ3n) is 2.63. The lowest BCUT2D eigenvalue weighted by molar-refractivity contribution is -0.116. The van der Waals surface area contributed by atoms with Gasteiger partial charge in [-0.3, -0.25) is 0 Å². The number of aromatic nitrogens is 1. The van der Waals surface area contributed by atoms with Gasteiger partial charge in [-0.05, 0) is 31.2 Å². The number of nitrogens with zero attached hydrogens (tertiary/aromatic N) is 1. The largest absolute Gasteiger partial charge is 0.497 e. The number of carbonyl (C=O) groups is 1. The first-order valence-electron chi connectivity index (χ1n) is 5.77. The van der Waals surface area contributed by atoms with Crippen molar-refractivity contribution in [3.8, 4) is 17.0 Å². The van der Waals surface area contributed by atoms with Crippen LogP contribution in [0.4, 0.5) is 0 Å². The van der Waals surface area contributed by atoms with Gasteiger partial charge in [0.1, 0.15) is 11.5 Å². The van der Waals surface area contributed by atoms with Crippen LogP contribution in [0.15, 0.2) is 29.6 Å². The zero-order chi connectivity index (χ0) is 13.0. The molecule has 1 aromatic heterocycles. The molecule has 0 radical (unpaired) electrons. The van der Waals surface area contributed by atoms with Gasteiger partial charge in [0.2, 0.25) is 0 Å². The lowest BCUT2D eigenvalue weighted by atomic mass is 10.2. The highest BCUT2D eigenvalue weighted by atomic mass is 32.1. The number of thiazole rings is 1. The van der Waals surface area contributed by atoms with E-state index in [2.05, 4.69) is 4.98 Å². The quantitative estimate of drug-likeness (QED) is 0.828. The van der Waals surface area contributed by atoms with E-state index in [-0.39, 0.29) is 5.78 Å². The van der Waals surface area contributed by atoms with E-state index in [4.69, 9.17) is 4.74 Å². The van der Waals surface area contributed by atoms with Crippen molar-refractivity contribution in [3.63, 3.8) is 0 Å². The first-order chi connectivity index (χ1) is 8.69. The number of methoxy groups -OCH3 is 1. The molecule has 94 valence electrons. The van der Waals surface area contributed by atoms with Gasteiger partial charge in [0.15, 0.2) is 0 Å². The fourth-order valence-electron chi connectivity index (χ4n) is 1.60. The lowest BCUT2D eigenvalue weighted by Gasteiger charge is -2.00. The van der Waals surface area contributed by atoms with Gasteiger partial charge in [-0.15, -0.1) is 11.3 Å². The Morgan fingerprint density at radius 3 is 2.67 bits per heavy atom. The zero-order valence-electron chi connectivity index (χ0n) is 10.5. The molecular formula is C14H15NO2S. The van der Waals surface area contributed by atoms with Crippen molar-refractivity contribution >= 4 is 17.1 Å². The number of ether oxygens (including phenoxy) is 1. The van der Waals surface area contributed by atoms with Crippen LogP contribution >= 0.6 is 11.3 Å². The van der Waals surface area contributed by atoms with Gasteiger partial charge in [0.05, 0.1) is 17.8 Å². The van der Waals surface area contributed by atoms with Crippen molar-refractivity contribution in [3.05, 3.63) is 34.7 Å². The molecule has 2 rings (SSSR count). The SMILES string of the molecule is COc1ccc(-c2csc(CCC(C)=O)n2)cc1. The number of rotatable bonds is 5. The van der Waals surface area contributed by atoms with Crippen molar-refractivity contribution < 1.29 is 9.53 Å². The molecule has 0 saturated heterocycles. The minimum Gasteiger partial charge on any atom is -0.497 e. The highest BCUT2D eigenvalue weighted by Gasteiger charge is 2.05. The smallest absolute Gasteiger partial charge is 0.130 e. The van der Waals surface area contributed by atoms with Crippen molar-refractivity contribution in [2.24, 2.45) is 0 Å². The van der Waals surface area contributed by atoms with Crippen molar-refractivity contribution in [1.82, 2.24) is 4.98 Å². The monoisotopic (exact) mass is 261 g/mol. The first-order valence-corrected chi connectivity index (χ1v) is 6.65. The lowest BCUT2D eigenvalue weighted by Crippen LogP contribution is -1.93. The van der Waals surface area contributed by atoms with E-state index in [1.165, 1.54) is 0 Å². The van der Waals surface area contributed by atoms with Gasteiger partial charge in [0, 0.05) is 23.8 Å². The van der Waals surface area contributed by atoms with Gasteiger partial charge in [0.25, 0.3) is 0 Å². The van der Waals surface area contributed by atoms with Crippen LogP contribution in [0.5, 0.6) is 5.75 Å². The van der Waals surface area contributed by atoms with E-state index in [0.29, 0.717) is 6.42 Å². The van der Waals surface area contributed by atoms with E-state index in [1.54, 1.807) is 25.4 Å². The molecule has 0 amide bonds. The highest BCUT2D eigenvalue weighted by molar-refractivity contribution is 7.09. The van der Waals surface area contributed by atoms with E-state index >= 15 is 0 Å². The second-order valence-electron chi connectivity index (χ2n) is 4.06. The molecule has 18 heavy (non-hydrogen) atoms. The van der Waals surface area contributed by atoms with Gasteiger partial charge >= 0.3 is 0 Å². The molecule has 0 N–H and O–H groups in total. The van der Waals surface area contributed by atoms with Gasteiger partial charge in [-0.1, -0.05) is 0 Å². The molecule has 1 aromatic carbocycles. The third-order valence-corrected chi connectivity index (χ3v) is 3.54. The normalized spacial score (nSPS) is 10.3. The number of Topliss-reactive ketones (excluding diaryl/α,β-unsaturated/α-hetero) is 1. The molecule has 2 aromatic rings. The minimum atomic E-state index is 0.205. The summed E-state index contributed by atoms with van der Waals surface area (Å²) in [5, 5.41) is 3.04. The first kappa shape index (κ1) is 12.8. The summed E-state index contributed by atoms with van der Waals surface area (Å²) in [7, 11) is 1.65. The molecule has 4 heteroatoms. The molecule has 0 aliphatic carbocycles. The maximum absolute atomic E-state index is 10.9. The van der Waals surface area contributed by atoms with Crippen LogP contribution in [0.25, 0.3) is 11.3 Å². The number of benzene rings is 1. The second kappa shape index (κ2) is 5.78. The Balaban J connectivity index is 2.10. The Bertz CT molecular complexity index is 531. The molecule has 0 aliphatic rings. The van der Waals surface area contributed by atoms with E-state index < -0.39 is 0 Å². The Labute approximate surface area is 110 Å². The van der Waals surface area contributed by atoms with Crippen LogP contribution in [0.3, 0.4) is 0 Å². The van der Waals surface area contributed by atoms with Crippen LogP contribution in [0.1, 0.15) is 18.4 Å². The number of aryl methyl sites for hydroxylation is 1. The molecule has 0 atom stereocenters. The summed E-state index contributed by atoms with van der Waals surface area (Å²) in [5.41, 5.74) is 2.03. The predicted octanol–water partition coefficient (Wildman–Crippen LogP) is 3.34. The van der Waals surface area contributed by atoms with E-state index in [9.17, 15) is 4.79 Å². The van der Waals surface area contributed by atoms with Crippen molar-refractivity contribution in [1.29, 1.82) is 0 Å². The van der Waals surface area contributed by atoms with Gasteiger partial charge < -0.3 is 9.53 Å². The molecule has 0 fully saturated rings. The number of hydrogen-bond acceptors (Lipinski definition) is 4. The Morgan fingerprint density at radius 2 is 2.06 bits per heavy atom. The summed E-state index contributed by atoms with van der Waals surface area (Å²) in [4.78, 5) is 15.5. The van der Waals surface area contributed by atoms with E-state index in [1.807, 2.05) is 29.6 Å². The third kappa shape index (κ3) is 3.17. The Morgan fingerprint density at radius 1 is 1.33 bits per heavy atom.